The second-order valence-corrected chi connectivity index (χ2v) is 9.18. The number of nitrogens with zero attached hydrogens (tertiary/aromatic N) is 2. The molecule has 9 nitrogen and oxygen atoms in total. The van der Waals surface area contributed by atoms with Crippen LogP contribution in [0.3, 0.4) is 0 Å². The molecule has 2 saturated heterocycles. The Morgan fingerprint density at radius 1 is 1.15 bits per heavy atom. The van der Waals surface area contributed by atoms with Crippen LogP contribution in [0, 0.1) is 0 Å². The number of carbonyl (C=O) groups excluding carboxylic acids is 2. The standard InChI is InChI=1S/C25H30N6O3/c1-31-18-7-8-19(31)12-17(11-18)27-24(32)23-21-9-6-16(13-22(21)29-30-23)28-25(33)26-14-15-4-3-5-20(10-15)34-2/h3-6,9-10,13,17-19H,7-8,11-12,14H2,1-2H3,(H,27,32)(H,29,30)(H2,26,28,33)/t17?,18-,19+. The largest absolute Gasteiger partial charge is 0.497 e. The molecular weight excluding hydrogens is 432 g/mol. The zero-order valence-corrected chi connectivity index (χ0v) is 19.4. The highest BCUT2D eigenvalue weighted by Gasteiger charge is 2.39. The summed E-state index contributed by atoms with van der Waals surface area (Å²) >= 11 is 0. The van der Waals surface area contributed by atoms with Crippen molar-refractivity contribution in [1.29, 1.82) is 0 Å². The molecule has 34 heavy (non-hydrogen) atoms. The third-order valence-corrected chi connectivity index (χ3v) is 7.06. The molecule has 3 amide bonds. The van der Waals surface area contributed by atoms with Crippen LogP contribution >= 0.6 is 0 Å². The average molecular weight is 463 g/mol. The average Bonchev–Trinajstić information content (AvgIpc) is 3.33. The summed E-state index contributed by atoms with van der Waals surface area (Å²) in [6.07, 6.45) is 4.39. The molecule has 2 aliphatic heterocycles. The van der Waals surface area contributed by atoms with E-state index < -0.39 is 0 Å². The molecule has 0 radical (unpaired) electrons. The molecule has 3 aromatic rings. The number of nitrogens with one attached hydrogen (secondary N) is 4. The van der Waals surface area contributed by atoms with E-state index in [1.165, 1.54) is 12.8 Å². The van der Waals surface area contributed by atoms with Gasteiger partial charge in [0.25, 0.3) is 5.91 Å². The molecule has 2 fully saturated rings. The van der Waals surface area contributed by atoms with Crippen molar-refractivity contribution in [2.45, 2.75) is 50.4 Å². The van der Waals surface area contributed by atoms with E-state index in [0.717, 1.165) is 29.5 Å². The number of H-pyrrole nitrogens is 1. The summed E-state index contributed by atoms with van der Waals surface area (Å²) in [7, 11) is 3.80. The Morgan fingerprint density at radius 3 is 2.71 bits per heavy atom. The summed E-state index contributed by atoms with van der Waals surface area (Å²) in [5, 5.41) is 16.8. The van der Waals surface area contributed by atoms with Crippen LogP contribution in [0.1, 0.15) is 41.7 Å². The van der Waals surface area contributed by atoms with Crippen molar-refractivity contribution in [2.24, 2.45) is 0 Å². The minimum Gasteiger partial charge on any atom is -0.497 e. The first-order valence-corrected chi connectivity index (χ1v) is 11.7. The quantitative estimate of drug-likeness (QED) is 0.449. The van der Waals surface area contributed by atoms with E-state index in [-0.39, 0.29) is 18.0 Å². The molecule has 4 N–H and O–H groups in total. The molecule has 2 aromatic carbocycles. The van der Waals surface area contributed by atoms with Gasteiger partial charge in [-0.05, 0) is 68.6 Å². The van der Waals surface area contributed by atoms with Crippen LogP contribution in [-0.2, 0) is 6.54 Å². The Morgan fingerprint density at radius 2 is 1.94 bits per heavy atom. The van der Waals surface area contributed by atoms with Crippen LogP contribution in [0.25, 0.3) is 10.9 Å². The van der Waals surface area contributed by atoms with Gasteiger partial charge in [0.15, 0.2) is 5.69 Å². The molecule has 3 atom stereocenters. The lowest BCUT2D eigenvalue weighted by Gasteiger charge is -2.36. The van der Waals surface area contributed by atoms with E-state index in [1.54, 1.807) is 19.2 Å². The summed E-state index contributed by atoms with van der Waals surface area (Å²) in [5.41, 5.74) is 2.62. The Hall–Kier alpha value is -3.59. The number of methoxy groups -OCH3 is 1. The zero-order chi connectivity index (χ0) is 23.7. The minimum atomic E-state index is -0.323. The van der Waals surface area contributed by atoms with E-state index in [4.69, 9.17) is 4.74 Å². The first-order chi connectivity index (χ1) is 16.5. The highest BCUT2D eigenvalue weighted by Crippen LogP contribution is 2.34. The Balaban J connectivity index is 1.19. The van der Waals surface area contributed by atoms with Gasteiger partial charge in [0.2, 0.25) is 0 Å². The van der Waals surface area contributed by atoms with Gasteiger partial charge >= 0.3 is 6.03 Å². The van der Waals surface area contributed by atoms with Gasteiger partial charge < -0.3 is 25.6 Å². The van der Waals surface area contributed by atoms with Crippen LogP contribution in [0.4, 0.5) is 10.5 Å². The molecule has 1 unspecified atom stereocenters. The lowest BCUT2D eigenvalue weighted by Crippen LogP contribution is -2.48. The Labute approximate surface area is 198 Å². The Bertz CT molecular complexity index is 1190. The van der Waals surface area contributed by atoms with Crippen molar-refractivity contribution in [2.75, 3.05) is 19.5 Å². The van der Waals surface area contributed by atoms with Crippen molar-refractivity contribution in [3.63, 3.8) is 0 Å². The number of piperidine rings is 1. The molecule has 0 saturated carbocycles. The van der Waals surface area contributed by atoms with Crippen molar-refractivity contribution < 1.29 is 14.3 Å². The molecule has 2 bridgehead atoms. The monoisotopic (exact) mass is 462 g/mol. The number of aromatic amines is 1. The fraction of sp³-hybridized carbons (Fsp3) is 0.400. The summed E-state index contributed by atoms with van der Waals surface area (Å²) in [4.78, 5) is 27.7. The van der Waals surface area contributed by atoms with Crippen molar-refractivity contribution in [3.05, 3.63) is 53.7 Å². The van der Waals surface area contributed by atoms with Crippen molar-refractivity contribution in [1.82, 2.24) is 25.7 Å². The smallest absolute Gasteiger partial charge is 0.319 e. The topological polar surface area (TPSA) is 111 Å². The number of rotatable bonds is 6. The van der Waals surface area contributed by atoms with E-state index in [0.29, 0.717) is 35.5 Å². The third-order valence-electron chi connectivity index (χ3n) is 7.06. The number of hydrogen-bond acceptors (Lipinski definition) is 5. The molecule has 1 aromatic heterocycles. The first-order valence-electron chi connectivity index (χ1n) is 11.7. The van der Waals surface area contributed by atoms with E-state index in [2.05, 4.69) is 38.1 Å². The number of urea groups is 1. The van der Waals surface area contributed by atoms with Crippen molar-refractivity contribution in [3.8, 4) is 5.75 Å². The van der Waals surface area contributed by atoms with Gasteiger partial charge in [-0.3, -0.25) is 9.89 Å². The highest BCUT2D eigenvalue weighted by atomic mass is 16.5. The fourth-order valence-corrected chi connectivity index (χ4v) is 5.19. The number of carbonyl (C=O) groups is 2. The van der Waals surface area contributed by atoms with E-state index in [9.17, 15) is 9.59 Å². The number of hydrogen-bond donors (Lipinski definition) is 4. The molecule has 3 heterocycles. The normalized spacial score (nSPS) is 21.9. The summed E-state index contributed by atoms with van der Waals surface area (Å²) in [5.74, 6) is 0.587. The van der Waals surface area contributed by atoms with Gasteiger partial charge in [-0.15, -0.1) is 0 Å². The summed E-state index contributed by atoms with van der Waals surface area (Å²) < 4.78 is 5.21. The summed E-state index contributed by atoms with van der Waals surface area (Å²) in [6.45, 7) is 0.373. The van der Waals surface area contributed by atoms with Crippen LogP contribution in [-0.4, -0.2) is 59.3 Å². The second-order valence-electron chi connectivity index (χ2n) is 9.18. The van der Waals surface area contributed by atoms with Gasteiger partial charge in [0.1, 0.15) is 5.75 Å². The van der Waals surface area contributed by atoms with Crippen LogP contribution < -0.4 is 20.7 Å². The number of aromatic nitrogens is 2. The Kier molecular flexibility index (Phi) is 6.10. The highest BCUT2D eigenvalue weighted by molar-refractivity contribution is 6.05. The van der Waals surface area contributed by atoms with Gasteiger partial charge in [-0.1, -0.05) is 12.1 Å². The molecule has 2 aliphatic rings. The molecular formula is C25H30N6O3. The van der Waals surface area contributed by atoms with Crippen LogP contribution in [0.15, 0.2) is 42.5 Å². The third kappa shape index (κ3) is 4.56. The zero-order valence-electron chi connectivity index (χ0n) is 19.4. The number of amides is 3. The molecule has 5 rings (SSSR count). The second kappa shape index (κ2) is 9.34. The van der Waals surface area contributed by atoms with Crippen LogP contribution in [0.5, 0.6) is 5.75 Å². The van der Waals surface area contributed by atoms with Gasteiger partial charge in [-0.2, -0.15) is 5.10 Å². The number of fused-ring (bicyclic) bond motifs is 3. The fourth-order valence-electron chi connectivity index (χ4n) is 5.19. The maximum absolute atomic E-state index is 12.9. The molecule has 178 valence electrons. The lowest BCUT2D eigenvalue weighted by molar-refractivity contribution is 0.0879. The number of benzene rings is 2. The molecule has 0 aliphatic carbocycles. The van der Waals surface area contributed by atoms with Crippen LogP contribution in [0.2, 0.25) is 0 Å². The predicted molar refractivity (Wildman–Crippen MR) is 130 cm³/mol. The lowest BCUT2D eigenvalue weighted by atomic mass is 9.98. The van der Waals surface area contributed by atoms with Gasteiger partial charge in [0.05, 0.1) is 12.6 Å². The van der Waals surface area contributed by atoms with E-state index >= 15 is 0 Å². The number of ether oxygens (including phenoxy) is 1. The molecule has 9 heteroatoms. The van der Waals surface area contributed by atoms with Gasteiger partial charge in [-0.25, -0.2) is 4.79 Å². The van der Waals surface area contributed by atoms with Gasteiger partial charge in [0, 0.05) is 35.7 Å². The van der Waals surface area contributed by atoms with Crippen molar-refractivity contribution >= 4 is 28.5 Å². The molecule has 0 spiro atoms. The minimum absolute atomic E-state index is 0.156. The number of anilines is 1. The maximum Gasteiger partial charge on any atom is 0.319 e. The summed E-state index contributed by atoms with van der Waals surface area (Å²) in [6, 6.07) is 13.9. The predicted octanol–water partition coefficient (Wildman–Crippen LogP) is 3.25. The first kappa shape index (κ1) is 22.2. The SMILES string of the molecule is COc1cccc(CNC(=O)Nc2ccc3c(C(=O)NC4C[C@H]5CC[C@@H](C4)N5C)n[nH]c3c2)c1. The maximum atomic E-state index is 12.9. The van der Waals surface area contributed by atoms with E-state index in [1.807, 2.05) is 30.3 Å².